The monoisotopic (exact) mass is 260 g/mol. The molecule has 1 aromatic carbocycles. The van der Waals surface area contributed by atoms with E-state index in [1.165, 1.54) is 0 Å². The van der Waals surface area contributed by atoms with Gasteiger partial charge >= 0.3 is 6.09 Å². The van der Waals surface area contributed by atoms with Gasteiger partial charge in [0.15, 0.2) is 0 Å². The van der Waals surface area contributed by atoms with Crippen LogP contribution in [-0.4, -0.2) is 11.7 Å². The first-order chi connectivity index (χ1) is 8.83. The maximum atomic E-state index is 11.8. The second-order valence-electron chi connectivity index (χ2n) is 5.42. The van der Waals surface area contributed by atoms with Crippen molar-refractivity contribution in [1.29, 1.82) is 5.26 Å². The average molecular weight is 260 g/mol. The van der Waals surface area contributed by atoms with Crippen molar-refractivity contribution in [3.8, 4) is 6.07 Å². The molecule has 4 heteroatoms. The van der Waals surface area contributed by atoms with Gasteiger partial charge in [-0.2, -0.15) is 5.26 Å². The number of hydrogen-bond acceptors (Lipinski definition) is 3. The van der Waals surface area contributed by atoms with Crippen LogP contribution in [-0.2, 0) is 4.74 Å². The fourth-order valence-electron chi connectivity index (χ4n) is 1.76. The highest BCUT2D eigenvalue weighted by atomic mass is 16.6. The van der Waals surface area contributed by atoms with Crippen molar-refractivity contribution >= 4 is 6.09 Å². The third-order valence-electron chi connectivity index (χ3n) is 2.55. The van der Waals surface area contributed by atoms with Crippen molar-refractivity contribution in [2.24, 2.45) is 0 Å². The molecule has 0 aliphatic heterocycles. The second kappa shape index (κ2) is 6.24. The van der Waals surface area contributed by atoms with E-state index in [0.29, 0.717) is 0 Å². The predicted octanol–water partition coefficient (Wildman–Crippen LogP) is 3.47. The topological polar surface area (TPSA) is 62.1 Å². The Kier molecular flexibility index (Phi) is 4.94. The number of benzene rings is 1. The Balaban J connectivity index is 2.83. The van der Waals surface area contributed by atoms with Gasteiger partial charge in [-0.3, -0.25) is 0 Å². The van der Waals surface area contributed by atoms with Crippen molar-refractivity contribution in [3.63, 3.8) is 0 Å². The third-order valence-corrected chi connectivity index (χ3v) is 2.55. The number of hydrogen-bond donors (Lipinski definition) is 1. The van der Waals surface area contributed by atoms with Crippen LogP contribution in [0.3, 0.4) is 0 Å². The number of carbonyl (C=O) groups excluding carboxylic acids is 1. The van der Waals surface area contributed by atoms with Crippen LogP contribution in [0.15, 0.2) is 24.3 Å². The molecular weight excluding hydrogens is 240 g/mol. The summed E-state index contributed by atoms with van der Waals surface area (Å²) in [6, 6.07) is 9.43. The lowest BCUT2D eigenvalue weighted by atomic mass is 9.99. The number of amides is 1. The number of nitriles is 1. The van der Waals surface area contributed by atoms with Crippen molar-refractivity contribution < 1.29 is 9.53 Å². The zero-order valence-electron chi connectivity index (χ0n) is 11.9. The van der Waals surface area contributed by atoms with Crippen LogP contribution in [0, 0.1) is 18.3 Å². The first-order valence-corrected chi connectivity index (χ1v) is 6.25. The molecule has 0 heterocycles. The number of rotatable bonds is 3. The summed E-state index contributed by atoms with van der Waals surface area (Å²) in [5.41, 5.74) is 1.43. The van der Waals surface area contributed by atoms with Gasteiger partial charge in [0, 0.05) is 0 Å². The van der Waals surface area contributed by atoms with Crippen LogP contribution in [0.5, 0.6) is 0 Å². The van der Waals surface area contributed by atoms with Crippen LogP contribution < -0.4 is 5.32 Å². The molecule has 0 bridgehead atoms. The van der Waals surface area contributed by atoms with Gasteiger partial charge in [-0.15, -0.1) is 0 Å². The molecule has 0 fully saturated rings. The summed E-state index contributed by atoms with van der Waals surface area (Å²) in [5.74, 6) is 0. The molecule has 0 aliphatic rings. The third kappa shape index (κ3) is 5.01. The Hall–Kier alpha value is -2.02. The van der Waals surface area contributed by atoms with Gasteiger partial charge in [-0.25, -0.2) is 4.79 Å². The van der Waals surface area contributed by atoms with Gasteiger partial charge in [0.25, 0.3) is 0 Å². The summed E-state index contributed by atoms with van der Waals surface area (Å²) in [7, 11) is 0. The molecule has 1 rings (SSSR count). The molecule has 102 valence electrons. The highest BCUT2D eigenvalue weighted by molar-refractivity contribution is 5.68. The van der Waals surface area contributed by atoms with E-state index >= 15 is 0 Å². The van der Waals surface area contributed by atoms with Gasteiger partial charge in [-0.05, 0) is 38.8 Å². The van der Waals surface area contributed by atoms with Crippen LogP contribution in [0.4, 0.5) is 4.79 Å². The van der Waals surface area contributed by atoms with E-state index in [4.69, 9.17) is 10.00 Å². The summed E-state index contributed by atoms with van der Waals surface area (Å²) in [4.78, 5) is 11.8. The van der Waals surface area contributed by atoms with Gasteiger partial charge in [0.2, 0.25) is 0 Å². The predicted molar refractivity (Wildman–Crippen MR) is 73.5 cm³/mol. The highest BCUT2D eigenvalue weighted by Crippen LogP contribution is 2.21. The molecule has 0 saturated heterocycles. The fraction of sp³-hybridized carbons (Fsp3) is 0.467. The minimum absolute atomic E-state index is 0.212. The number of nitrogens with zero attached hydrogens (tertiary/aromatic N) is 1. The van der Waals surface area contributed by atoms with Gasteiger partial charge in [0.05, 0.1) is 18.5 Å². The Morgan fingerprint density at radius 1 is 1.42 bits per heavy atom. The molecule has 1 N–H and O–H groups in total. The minimum Gasteiger partial charge on any atom is -0.444 e. The summed E-state index contributed by atoms with van der Waals surface area (Å²) in [6.07, 6.45) is -0.291. The van der Waals surface area contributed by atoms with Gasteiger partial charge in [0.1, 0.15) is 5.60 Å². The number of ether oxygens (including phenoxy) is 1. The van der Waals surface area contributed by atoms with Crippen molar-refractivity contribution in [1.82, 2.24) is 5.32 Å². The highest BCUT2D eigenvalue weighted by Gasteiger charge is 2.21. The largest absolute Gasteiger partial charge is 0.444 e. The quantitative estimate of drug-likeness (QED) is 0.905. The molecule has 4 nitrogen and oxygen atoms in total. The summed E-state index contributed by atoms with van der Waals surface area (Å²) < 4.78 is 5.22. The van der Waals surface area contributed by atoms with Gasteiger partial charge in [-0.1, -0.05) is 24.3 Å². The van der Waals surface area contributed by atoms with Gasteiger partial charge < -0.3 is 10.1 Å². The molecule has 0 aromatic heterocycles. The fourth-order valence-corrected chi connectivity index (χ4v) is 1.76. The molecule has 1 amide bonds. The molecular formula is C15H20N2O2. The standard InChI is InChI=1S/C15H20N2O2/c1-11-7-5-6-8-12(11)13(9-10-16)17-14(18)19-15(2,3)4/h5-8,13H,9H2,1-4H3,(H,17,18)/t13-/m1/s1. The van der Waals surface area contributed by atoms with E-state index in [2.05, 4.69) is 11.4 Å². The smallest absolute Gasteiger partial charge is 0.408 e. The average Bonchev–Trinajstić information content (AvgIpc) is 2.26. The summed E-state index contributed by atoms with van der Waals surface area (Å²) >= 11 is 0. The second-order valence-corrected chi connectivity index (χ2v) is 5.42. The molecule has 0 saturated carbocycles. The van der Waals surface area contributed by atoms with E-state index in [1.54, 1.807) is 20.8 Å². The molecule has 19 heavy (non-hydrogen) atoms. The first kappa shape index (κ1) is 15.0. The maximum Gasteiger partial charge on any atom is 0.408 e. The van der Waals surface area contributed by atoms with E-state index in [0.717, 1.165) is 11.1 Å². The number of nitrogens with one attached hydrogen (secondary N) is 1. The van der Waals surface area contributed by atoms with E-state index in [-0.39, 0.29) is 12.5 Å². The molecule has 1 aromatic rings. The Bertz CT molecular complexity index is 484. The lowest BCUT2D eigenvalue weighted by Gasteiger charge is -2.23. The Morgan fingerprint density at radius 3 is 2.58 bits per heavy atom. The van der Waals surface area contributed by atoms with E-state index in [1.807, 2.05) is 31.2 Å². The first-order valence-electron chi connectivity index (χ1n) is 6.25. The molecule has 1 atom stereocenters. The van der Waals surface area contributed by atoms with E-state index < -0.39 is 11.7 Å². The molecule has 0 unspecified atom stereocenters. The minimum atomic E-state index is -0.549. The zero-order valence-corrected chi connectivity index (χ0v) is 11.9. The van der Waals surface area contributed by atoms with Crippen LogP contribution in [0.1, 0.15) is 44.4 Å². The van der Waals surface area contributed by atoms with Crippen LogP contribution in [0.2, 0.25) is 0 Å². The van der Waals surface area contributed by atoms with E-state index in [9.17, 15) is 4.79 Å². The number of aryl methyl sites for hydroxylation is 1. The normalized spacial score (nSPS) is 12.4. The van der Waals surface area contributed by atoms with Crippen LogP contribution in [0.25, 0.3) is 0 Å². The lowest BCUT2D eigenvalue weighted by molar-refractivity contribution is 0.0504. The van der Waals surface area contributed by atoms with Crippen LogP contribution >= 0.6 is 0 Å². The molecule has 0 spiro atoms. The Morgan fingerprint density at radius 2 is 2.05 bits per heavy atom. The summed E-state index contributed by atoms with van der Waals surface area (Å²) in [6.45, 7) is 7.37. The Labute approximate surface area is 114 Å². The summed E-state index contributed by atoms with van der Waals surface area (Å²) in [5, 5.41) is 11.6. The van der Waals surface area contributed by atoms with Crippen molar-refractivity contribution in [2.45, 2.75) is 45.8 Å². The zero-order chi connectivity index (χ0) is 14.5. The molecule has 0 aliphatic carbocycles. The maximum absolute atomic E-state index is 11.8. The SMILES string of the molecule is Cc1ccccc1[C@@H](CC#N)NC(=O)OC(C)(C)C. The molecule has 0 radical (unpaired) electrons. The van der Waals surface area contributed by atoms with Crippen molar-refractivity contribution in [3.05, 3.63) is 35.4 Å². The lowest BCUT2D eigenvalue weighted by Crippen LogP contribution is -2.35. The number of alkyl carbamates (subject to hydrolysis) is 1. The van der Waals surface area contributed by atoms with Crippen molar-refractivity contribution in [2.75, 3.05) is 0 Å². The number of carbonyl (C=O) groups is 1.